The van der Waals surface area contributed by atoms with Gasteiger partial charge in [-0.15, -0.1) is 0 Å². The fraction of sp³-hybridized carbons (Fsp3) is 1.00. The van der Waals surface area contributed by atoms with Gasteiger partial charge in [-0.3, -0.25) is 4.90 Å². The third-order valence-electron chi connectivity index (χ3n) is 3.38. The van der Waals surface area contributed by atoms with E-state index in [1.165, 1.54) is 0 Å². The maximum atomic E-state index is 11.5. The first-order valence-electron chi connectivity index (χ1n) is 6.74. The Morgan fingerprint density at radius 1 is 1.24 bits per heavy atom. The first-order chi connectivity index (χ1) is 8.09. The van der Waals surface area contributed by atoms with Crippen molar-refractivity contribution in [3.8, 4) is 0 Å². The van der Waals surface area contributed by atoms with Gasteiger partial charge in [-0.2, -0.15) is 0 Å². The second-order valence-corrected chi connectivity index (χ2v) is 7.11. The Labute approximate surface area is 106 Å². The van der Waals surface area contributed by atoms with Crippen molar-refractivity contribution in [3.63, 3.8) is 0 Å². The standard InChI is InChI=1S/C12H26N2O2S/c1-3-6-13-11-12(4-2)14-7-5-9-17(15,16)10-8-14/h12-13H,3-11H2,1-2H3. The molecule has 1 N–H and O–H groups in total. The highest BCUT2D eigenvalue weighted by atomic mass is 32.2. The maximum absolute atomic E-state index is 11.5. The van der Waals surface area contributed by atoms with Gasteiger partial charge in [-0.05, 0) is 32.4 Å². The van der Waals surface area contributed by atoms with E-state index in [2.05, 4.69) is 24.1 Å². The predicted molar refractivity (Wildman–Crippen MR) is 72.1 cm³/mol. The summed E-state index contributed by atoms with van der Waals surface area (Å²) in [6.07, 6.45) is 3.01. The van der Waals surface area contributed by atoms with Crippen LogP contribution >= 0.6 is 0 Å². The molecule has 0 amide bonds. The minimum Gasteiger partial charge on any atom is -0.315 e. The fourth-order valence-corrected chi connectivity index (χ4v) is 3.59. The van der Waals surface area contributed by atoms with Crippen LogP contribution in [0.3, 0.4) is 0 Å². The third-order valence-corrected chi connectivity index (χ3v) is 5.10. The molecule has 0 aromatic rings. The van der Waals surface area contributed by atoms with Crippen LogP contribution in [-0.2, 0) is 9.84 Å². The molecule has 0 saturated carbocycles. The van der Waals surface area contributed by atoms with Crippen LogP contribution < -0.4 is 5.32 Å². The molecule has 1 fully saturated rings. The summed E-state index contributed by atoms with van der Waals surface area (Å²) in [7, 11) is -2.78. The highest BCUT2D eigenvalue weighted by molar-refractivity contribution is 7.91. The predicted octanol–water partition coefficient (Wildman–Crippen LogP) is 0.885. The van der Waals surface area contributed by atoms with Gasteiger partial charge in [0.2, 0.25) is 0 Å². The fourth-order valence-electron chi connectivity index (χ4n) is 2.30. The van der Waals surface area contributed by atoms with Gasteiger partial charge in [0.1, 0.15) is 0 Å². The number of hydrogen-bond acceptors (Lipinski definition) is 4. The highest BCUT2D eigenvalue weighted by Gasteiger charge is 2.23. The minimum atomic E-state index is -2.78. The Kier molecular flexibility index (Phi) is 6.44. The van der Waals surface area contributed by atoms with Gasteiger partial charge in [0, 0.05) is 19.1 Å². The van der Waals surface area contributed by atoms with Crippen molar-refractivity contribution < 1.29 is 8.42 Å². The molecule has 1 unspecified atom stereocenters. The van der Waals surface area contributed by atoms with E-state index < -0.39 is 9.84 Å². The van der Waals surface area contributed by atoms with E-state index in [1.54, 1.807) is 0 Å². The summed E-state index contributed by atoms with van der Waals surface area (Å²) in [5, 5.41) is 3.43. The first-order valence-corrected chi connectivity index (χ1v) is 8.56. The van der Waals surface area contributed by atoms with Crippen LogP contribution in [0, 0.1) is 0 Å². The molecule has 4 nitrogen and oxygen atoms in total. The topological polar surface area (TPSA) is 49.4 Å². The molecule has 0 aliphatic carbocycles. The summed E-state index contributed by atoms with van der Waals surface area (Å²) in [6, 6.07) is 0.481. The lowest BCUT2D eigenvalue weighted by Crippen LogP contribution is -2.43. The molecule has 0 aromatic carbocycles. The van der Waals surface area contributed by atoms with E-state index in [0.29, 0.717) is 24.1 Å². The number of nitrogens with one attached hydrogen (secondary N) is 1. The number of nitrogens with zero attached hydrogens (tertiary/aromatic N) is 1. The van der Waals surface area contributed by atoms with Crippen molar-refractivity contribution in [1.29, 1.82) is 0 Å². The normalized spacial score (nSPS) is 23.2. The van der Waals surface area contributed by atoms with Crippen LogP contribution in [0.5, 0.6) is 0 Å². The zero-order chi connectivity index (χ0) is 12.7. The van der Waals surface area contributed by atoms with Crippen molar-refractivity contribution in [2.45, 2.75) is 39.2 Å². The molecular formula is C12H26N2O2S. The van der Waals surface area contributed by atoms with E-state index in [-0.39, 0.29) is 0 Å². The van der Waals surface area contributed by atoms with Crippen molar-refractivity contribution in [1.82, 2.24) is 10.2 Å². The second-order valence-electron chi connectivity index (χ2n) is 4.81. The summed E-state index contributed by atoms with van der Waals surface area (Å²) in [5.41, 5.74) is 0. The Morgan fingerprint density at radius 2 is 2.00 bits per heavy atom. The molecule has 1 rings (SSSR count). The van der Waals surface area contributed by atoms with Crippen LogP contribution in [-0.4, -0.2) is 57.0 Å². The lowest BCUT2D eigenvalue weighted by atomic mass is 10.1. The van der Waals surface area contributed by atoms with Gasteiger partial charge in [0.25, 0.3) is 0 Å². The molecule has 1 aliphatic rings. The molecule has 102 valence electrons. The smallest absolute Gasteiger partial charge is 0.151 e. The van der Waals surface area contributed by atoms with Gasteiger partial charge in [-0.1, -0.05) is 13.8 Å². The summed E-state index contributed by atoms with van der Waals surface area (Å²) in [4.78, 5) is 2.34. The zero-order valence-corrected chi connectivity index (χ0v) is 11.9. The van der Waals surface area contributed by atoms with Gasteiger partial charge in [-0.25, -0.2) is 8.42 Å². The molecule has 1 heterocycles. The van der Waals surface area contributed by atoms with E-state index in [4.69, 9.17) is 0 Å². The average Bonchev–Trinajstić information content (AvgIpc) is 2.46. The lowest BCUT2D eigenvalue weighted by Gasteiger charge is -2.29. The molecule has 17 heavy (non-hydrogen) atoms. The van der Waals surface area contributed by atoms with Crippen molar-refractivity contribution in [3.05, 3.63) is 0 Å². The van der Waals surface area contributed by atoms with Gasteiger partial charge in [0.05, 0.1) is 11.5 Å². The van der Waals surface area contributed by atoms with Crippen molar-refractivity contribution in [2.75, 3.05) is 37.7 Å². The zero-order valence-electron chi connectivity index (χ0n) is 11.1. The van der Waals surface area contributed by atoms with Crippen molar-refractivity contribution in [2.24, 2.45) is 0 Å². The van der Waals surface area contributed by atoms with Crippen LogP contribution in [0.15, 0.2) is 0 Å². The molecule has 0 aromatic heterocycles. The molecule has 1 atom stereocenters. The van der Waals surface area contributed by atoms with Gasteiger partial charge >= 0.3 is 0 Å². The summed E-state index contributed by atoms with van der Waals surface area (Å²) in [5.74, 6) is 0.694. The molecule has 0 spiro atoms. The Hall–Kier alpha value is -0.130. The Morgan fingerprint density at radius 3 is 2.65 bits per heavy atom. The summed E-state index contributed by atoms with van der Waals surface area (Å²) >= 11 is 0. The summed E-state index contributed by atoms with van der Waals surface area (Å²) in [6.45, 7) is 7.98. The first kappa shape index (κ1) is 14.9. The van der Waals surface area contributed by atoms with Crippen LogP contribution in [0.2, 0.25) is 0 Å². The van der Waals surface area contributed by atoms with Crippen LogP contribution in [0.25, 0.3) is 0 Å². The van der Waals surface area contributed by atoms with Crippen LogP contribution in [0.4, 0.5) is 0 Å². The van der Waals surface area contributed by atoms with Gasteiger partial charge < -0.3 is 5.32 Å². The number of sulfone groups is 1. The third kappa shape index (κ3) is 5.36. The minimum absolute atomic E-state index is 0.331. The molecule has 5 heteroatoms. The van der Waals surface area contributed by atoms with Crippen molar-refractivity contribution >= 4 is 9.84 Å². The monoisotopic (exact) mass is 262 g/mol. The average molecular weight is 262 g/mol. The molecule has 0 radical (unpaired) electrons. The van der Waals surface area contributed by atoms with E-state index in [9.17, 15) is 8.42 Å². The van der Waals surface area contributed by atoms with E-state index >= 15 is 0 Å². The number of rotatable bonds is 6. The molecule has 1 saturated heterocycles. The van der Waals surface area contributed by atoms with E-state index in [1.807, 2.05) is 0 Å². The summed E-state index contributed by atoms with van der Waals surface area (Å²) < 4.78 is 23.1. The van der Waals surface area contributed by atoms with Crippen LogP contribution in [0.1, 0.15) is 33.1 Å². The van der Waals surface area contributed by atoms with Gasteiger partial charge in [0.15, 0.2) is 9.84 Å². The molecule has 0 bridgehead atoms. The SMILES string of the molecule is CCCNCC(CC)N1CCCS(=O)(=O)CC1. The largest absolute Gasteiger partial charge is 0.315 e. The Balaban J connectivity index is 2.45. The lowest BCUT2D eigenvalue weighted by molar-refractivity contribution is 0.201. The molecule has 1 aliphatic heterocycles. The second kappa shape index (κ2) is 7.34. The molecular weight excluding hydrogens is 236 g/mol. The highest BCUT2D eigenvalue weighted by Crippen LogP contribution is 2.10. The number of hydrogen-bond donors (Lipinski definition) is 1. The van der Waals surface area contributed by atoms with E-state index in [0.717, 1.165) is 38.9 Å². The quantitative estimate of drug-likeness (QED) is 0.722. The Bertz CT molecular complexity index is 304. The maximum Gasteiger partial charge on any atom is 0.151 e.